The molecular weight excluding hydrogens is 212 g/mol. The Morgan fingerprint density at radius 1 is 1.19 bits per heavy atom. The van der Waals surface area contributed by atoms with E-state index in [4.69, 9.17) is 5.11 Å². The number of amides is 2. The van der Waals surface area contributed by atoms with Gasteiger partial charge in [-0.2, -0.15) is 0 Å². The molecule has 2 N–H and O–H groups in total. The molecule has 0 atom stereocenters. The molecule has 1 rings (SSSR count). The molecule has 0 aromatic rings. The predicted molar refractivity (Wildman–Crippen MR) is 55.7 cm³/mol. The maximum Gasteiger partial charge on any atom is 0.312 e. The van der Waals surface area contributed by atoms with Crippen LogP contribution in [-0.2, 0) is 14.4 Å². The zero-order valence-electron chi connectivity index (χ0n) is 9.07. The SMILES string of the molecule is O=C(O)CC(=O)NCCC(=O)N1CCCC1. The highest BCUT2D eigenvalue weighted by atomic mass is 16.4. The number of nitrogens with one attached hydrogen (secondary N) is 1. The molecule has 0 unspecified atom stereocenters. The molecule has 0 bridgehead atoms. The summed E-state index contributed by atoms with van der Waals surface area (Å²) < 4.78 is 0. The van der Waals surface area contributed by atoms with E-state index in [1.54, 1.807) is 4.90 Å². The van der Waals surface area contributed by atoms with Crippen molar-refractivity contribution in [3.63, 3.8) is 0 Å². The molecule has 0 saturated carbocycles. The minimum Gasteiger partial charge on any atom is -0.481 e. The van der Waals surface area contributed by atoms with Crippen LogP contribution >= 0.6 is 0 Å². The first-order chi connectivity index (χ1) is 7.59. The summed E-state index contributed by atoms with van der Waals surface area (Å²) >= 11 is 0. The molecule has 0 aromatic heterocycles. The Labute approximate surface area is 93.6 Å². The Bertz CT molecular complexity index is 285. The normalized spacial score (nSPS) is 14.9. The van der Waals surface area contributed by atoms with Crippen LogP contribution in [0.25, 0.3) is 0 Å². The van der Waals surface area contributed by atoms with Crippen LogP contribution in [0.15, 0.2) is 0 Å². The zero-order chi connectivity index (χ0) is 12.0. The van der Waals surface area contributed by atoms with Crippen LogP contribution in [-0.4, -0.2) is 47.4 Å². The quantitative estimate of drug-likeness (QED) is 0.626. The lowest BCUT2D eigenvalue weighted by molar-refractivity contribution is -0.140. The van der Waals surface area contributed by atoms with Gasteiger partial charge in [-0.15, -0.1) is 0 Å². The summed E-state index contributed by atoms with van der Waals surface area (Å²) in [5.74, 6) is -1.70. The standard InChI is InChI=1S/C10H16N2O4/c13-8(7-10(15)16)11-4-3-9(14)12-5-1-2-6-12/h1-7H2,(H,11,13)(H,15,16). The van der Waals surface area contributed by atoms with Crippen molar-refractivity contribution in [1.29, 1.82) is 0 Å². The van der Waals surface area contributed by atoms with Gasteiger partial charge in [0.25, 0.3) is 0 Å². The summed E-state index contributed by atoms with van der Waals surface area (Å²) in [7, 11) is 0. The monoisotopic (exact) mass is 228 g/mol. The third-order valence-corrected chi connectivity index (χ3v) is 2.43. The van der Waals surface area contributed by atoms with Crippen molar-refractivity contribution in [2.75, 3.05) is 19.6 Å². The van der Waals surface area contributed by atoms with Gasteiger partial charge in [-0.1, -0.05) is 0 Å². The fourth-order valence-corrected chi connectivity index (χ4v) is 1.63. The van der Waals surface area contributed by atoms with Crippen molar-refractivity contribution in [2.45, 2.75) is 25.7 Å². The maximum absolute atomic E-state index is 11.5. The predicted octanol–water partition coefficient (Wildman–Crippen LogP) is -0.410. The van der Waals surface area contributed by atoms with Gasteiger partial charge in [0.15, 0.2) is 0 Å². The number of carbonyl (C=O) groups excluding carboxylic acids is 2. The van der Waals surface area contributed by atoms with Gasteiger partial charge >= 0.3 is 5.97 Å². The van der Waals surface area contributed by atoms with E-state index < -0.39 is 18.3 Å². The van der Waals surface area contributed by atoms with Crippen LogP contribution in [0.3, 0.4) is 0 Å². The van der Waals surface area contributed by atoms with Crippen LogP contribution in [0.4, 0.5) is 0 Å². The molecule has 0 aliphatic carbocycles. The van der Waals surface area contributed by atoms with Gasteiger partial charge in [-0.25, -0.2) is 0 Å². The molecule has 1 heterocycles. The highest BCUT2D eigenvalue weighted by molar-refractivity contribution is 5.93. The van der Waals surface area contributed by atoms with Crippen LogP contribution in [0, 0.1) is 0 Å². The number of rotatable bonds is 5. The number of carboxylic acid groups (broad SMARTS) is 1. The van der Waals surface area contributed by atoms with E-state index in [9.17, 15) is 14.4 Å². The smallest absolute Gasteiger partial charge is 0.312 e. The van der Waals surface area contributed by atoms with Crippen molar-refractivity contribution < 1.29 is 19.5 Å². The number of nitrogens with zero attached hydrogens (tertiary/aromatic N) is 1. The molecular formula is C10H16N2O4. The lowest BCUT2D eigenvalue weighted by Gasteiger charge is -2.14. The molecule has 1 aliphatic rings. The van der Waals surface area contributed by atoms with E-state index in [2.05, 4.69) is 5.32 Å². The van der Waals surface area contributed by atoms with E-state index in [1.807, 2.05) is 0 Å². The van der Waals surface area contributed by atoms with Gasteiger partial charge in [-0.05, 0) is 12.8 Å². The van der Waals surface area contributed by atoms with Crippen molar-refractivity contribution >= 4 is 17.8 Å². The number of hydrogen-bond acceptors (Lipinski definition) is 3. The fraction of sp³-hybridized carbons (Fsp3) is 0.700. The van der Waals surface area contributed by atoms with Gasteiger partial charge in [0, 0.05) is 26.1 Å². The summed E-state index contributed by atoms with van der Waals surface area (Å²) in [5.41, 5.74) is 0. The molecule has 2 amide bonds. The summed E-state index contributed by atoms with van der Waals surface area (Å²) in [6.45, 7) is 1.80. The molecule has 16 heavy (non-hydrogen) atoms. The Hall–Kier alpha value is -1.59. The minimum atomic E-state index is -1.16. The molecule has 6 heteroatoms. The average Bonchev–Trinajstić information content (AvgIpc) is 2.68. The molecule has 6 nitrogen and oxygen atoms in total. The topological polar surface area (TPSA) is 86.7 Å². The Morgan fingerprint density at radius 2 is 1.81 bits per heavy atom. The molecule has 1 aliphatic heterocycles. The van der Waals surface area contributed by atoms with Crippen LogP contribution < -0.4 is 5.32 Å². The van der Waals surface area contributed by atoms with Crippen molar-refractivity contribution in [3.05, 3.63) is 0 Å². The Kier molecular flexibility index (Phi) is 4.75. The van der Waals surface area contributed by atoms with Gasteiger partial charge in [0.1, 0.15) is 6.42 Å². The highest BCUT2D eigenvalue weighted by Gasteiger charge is 2.17. The number of carboxylic acids is 1. The first-order valence-corrected chi connectivity index (χ1v) is 5.36. The lowest BCUT2D eigenvalue weighted by atomic mass is 10.3. The Balaban J connectivity index is 2.12. The van der Waals surface area contributed by atoms with Crippen LogP contribution in [0.1, 0.15) is 25.7 Å². The van der Waals surface area contributed by atoms with E-state index in [1.165, 1.54) is 0 Å². The van der Waals surface area contributed by atoms with Crippen LogP contribution in [0.2, 0.25) is 0 Å². The number of carbonyl (C=O) groups is 3. The van der Waals surface area contributed by atoms with Crippen molar-refractivity contribution in [2.24, 2.45) is 0 Å². The Morgan fingerprint density at radius 3 is 2.38 bits per heavy atom. The van der Waals surface area contributed by atoms with Gasteiger partial charge < -0.3 is 15.3 Å². The van der Waals surface area contributed by atoms with E-state index in [0.717, 1.165) is 25.9 Å². The first kappa shape index (κ1) is 12.5. The number of aliphatic carboxylic acids is 1. The van der Waals surface area contributed by atoms with E-state index >= 15 is 0 Å². The highest BCUT2D eigenvalue weighted by Crippen LogP contribution is 2.08. The van der Waals surface area contributed by atoms with E-state index in [-0.39, 0.29) is 18.9 Å². The largest absolute Gasteiger partial charge is 0.481 e. The van der Waals surface area contributed by atoms with Crippen LogP contribution in [0.5, 0.6) is 0 Å². The third kappa shape index (κ3) is 4.29. The summed E-state index contributed by atoms with van der Waals surface area (Å²) in [6, 6.07) is 0. The second-order valence-corrected chi connectivity index (χ2v) is 3.76. The molecule has 0 aromatic carbocycles. The zero-order valence-corrected chi connectivity index (χ0v) is 9.07. The van der Waals surface area contributed by atoms with Crippen molar-refractivity contribution in [3.8, 4) is 0 Å². The molecule has 0 spiro atoms. The first-order valence-electron chi connectivity index (χ1n) is 5.36. The molecule has 90 valence electrons. The number of hydrogen-bond donors (Lipinski definition) is 2. The summed E-state index contributed by atoms with van der Waals surface area (Å²) in [4.78, 5) is 34.4. The third-order valence-electron chi connectivity index (χ3n) is 2.43. The number of likely N-dealkylation sites (tertiary alicyclic amines) is 1. The lowest BCUT2D eigenvalue weighted by Crippen LogP contribution is -2.33. The van der Waals surface area contributed by atoms with E-state index in [0.29, 0.717) is 0 Å². The van der Waals surface area contributed by atoms with Gasteiger partial charge in [0.05, 0.1) is 0 Å². The summed E-state index contributed by atoms with van der Waals surface area (Å²) in [5, 5.41) is 10.7. The average molecular weight is 228 g/mol. The summed E-state index contributed by atoms with van der Waals surface area (Å²) in [6.07, 6.45) is 1.78. The van der Waals surface area contributed by atoms with Crippen molar-refractivity contribution in [1.82, 2.24) is 10.2 Å². The molecule has 0 radical (unpaired) electrons. The second-order valence-electron chi connectivity index (χ2n) is 3.76. The molecule has 1 fully saturated rings. The van der Waals surface area contributed by atoms with Gasteiger partial charge in [-0.3, -0.25) is 14.4 Å². The fourth-order valence-electron chi connectivity index (χ4n) is 1.63. The minimum absolute atomic E-state index is 0.0214. The maximum atomic E-state index is 11.5. The second kappa shape index (κ2) is 6.09. The van der Waals surface area contributed by atoms with Gasteiger partial charge in [0.2, 0.25) is 11.8 Å². The molecule has 1 saturated heterocycles.